The van der Waals surface area contributed by atoms with E-state index < -0.39 is 0 Å². The third-order valence-electron chi connectivity index (χ3n) is 3.68. The highest BCUT2D eigenvalue weighted by atomic mass is 16.6. The predicted octanol–water partition coefficient (Wildman–Crippen LogP) is 3.78. The number of fused-ring (bicyclic) bond motifs is 1. The van der Waals surface area contributed by atoms with Crippen molar-refractivity contribution < 1.29 is 4.92 Å². The molecule has 0 saturated carbocycles. The molecule has 0 N–H and O–H groups in total. The second kappa shape index (κ2) is 5.01. The van der Waals surface area contributed by atoms with Gasteiger partial charge in [0, 0.05) is 30.3 Å². The molecular formula is C16H15N3O2. The minimum atomic E-state index is -0.384. The second-order valence-electron chi connectivity index (χ2n) is 4.96. The largest absolute Gasteiger partial charge is 0.303 e. The lowest BCUT2D eigenvalue weighted by atomic mass is 10.0. The zero-order valence-electron chi connectivity index (χ0n) is 11.9. The van der Waals surface area contributed by atoms with Crippen molar-refractivity contribution in [2.45, 2.75) is 20.3 Å². The van der Waals surface area contributed by atoms with Gasteiger partial charge >= 0.3 is 0 Å². The normalized spacial score (nSPS) is 11.0. The first kappa shape index (κ1) is 13.3. The molecular weight excluding hydrogens is 266 g/mol. The maximum absolute atomic E-state index is 10.8. The number of nitrogens with zero attached hydrogens (tertiary/aromatic N) is 3. The van der Waals surface area contributed by atoms with Crippen LogP contribution in [0.4, 0.5) is 5.69 Å². The zero-order valence-corrected chi connectivity index (χ0v) is 11.9. The Morgan fingerprint density at radius 1 is 1.24 bits per heavy atom. The molecule has 0 atom stereocenters. The van der Waals surface area contributed by atoms with Crippen LogP contribution in [-0.4, -0.2) is 14.3 Å². The Kier molecular flexibility index (Phi) is 3.17. The van der Waals surface area contributed by atoms with E-state index >= 15 is 0 Å². The van der Waals surface area contributed by atoms with Gasteiger partial charge in [-0.2, -0.15) is 0 Å². The van der Waals surface area contributed by atoms with Crippen molar-refractivity contribution in [3.8, 4) is 11.1 Å². The molecule has 0 aliphatic rings. The molecule has 0 radical (unpaired) electrons. The summed E-state index contributed by atoms with van der Waals surface area (Å²) in [6.45, 7) is 4.11. The molecule has 3 rings (SSSR count). The fourth-order valence-electron chi connectivity index (χ4n) is 2.61. The van der Waals surface area contributed by atoms with E-state index in [0.717, 1.165) is 34.5 Å². The summed E-state index contributed by atoms with van der Waals surface area (Å²) in [5, 5.41) is 10.8. The molecule has 2 aromatic heterocycles. The number of rotatable bonds is 3. The zero-order chi connectivity index (χ0) is 15.0. The van der Waals surface area contributed by atoms with E-state index in [-0.39, 0.29) is 10.6 Å². The highest BCUT2D eigenvalue weighted by molar-refractivity contribution is 5.83. The number of pyridine rings is 1. The number of imidazole rings is 1. The standard InChI is InChI=1S/C16H15N3O2/c1-3-15-17-10-14-16(11(2)8-9-18(14)15)12-4-6-13(7-5-12)19(20)21/h4-10H,3H2,1-2H3. The van der Waals surface area contributed by atoms with Crippen molar-refractivity contribution in [3.05, 3.63) is 64.2 Å². The fourth-order valence-corrected chi connectivity index (χ4v) is 2.61. The Labute approximate surface area is 122 Å². The molecule has 3 aromatic rings. The molecule has 5 nitrogen and oxygen atoms in total. The Hall–Kier alpha value is -2.69. The van der Waals surface area contributed by atoms with Crippen molar-refractivity contribution in [3.63, 3.8) is 0 Å². The number of aromatic nitrogens is 2. The van der Waals surface area contributed by atoms with Crippen LogP contribution in [-0.2, 0) is 6.42 Å². The number of nitro groups is 1. The molecule has 1 aromatic carbocycles. The molecule has 0 unspecified atom stereocenters. The average Bonchev–Trinajstić information content (AvgIpc) is 2.90. The molecule has 0 aliphatic heterocycles. The maximum Gasteiger partial charge on any atom is 0.269 e. The van der Waals surface area contributed by atoms with Crippen LogP contribution in [0.5, 0.6) is 0 Å². The number of hydrogen-bond acceptors (Lipinski definition) is 3. The summed E-state index contributed by atoms with van der Waals surface area (Å²) < 4.78 is 2.07. The smallest absolute Gasteiger partial charge is 0.269 e. The third-order valence-corrected chi connectivity index (χ3v) is 3.68. The van der Waals surface area contributed by atoms with Crippen molar-refractivity contribution in [2.75, 3.05) is 0 Å². The van der Waals surface area contributed by atoms with E-state index in [0.29, 0.717) is 0 Å². The van der Waals surface area contributed by atoms with Crippen molar-refractivity contribution in [1.82, 2.24) is 9.38 Å². The van der Waals surface area contributed by atoms with Gasteiger partial charge in [0.05, 0.1) is 16.6 Å². The SMILES string of the molecule is CCc1ncc2c(-c3ccc([N+](=O)[O-])cc3)c(C)ccn12. The van der Waals surface area contributed by atoms with Crippen LogP contribution in [0.2, 0.25) is 0 Å². The number of aryl methyl sites for hydroxylation is 2. The van der Waals surface area contributed by atoms with Gasteiger partial charge in [0.1, 0.15) is 5.82 Å². The van der Waals surface area contributed by atoms with Crippen LogP contribution < -0.4 is 0 Å². The predicted molar refractivity (Wildman–Crippen MR) is 81.4 cm³/mol. The Morgan fingerprint density at radius 3 is 2.57 bits per heavy atom. The van der Waals surface area contributed by atoms with E-state index in [1.165, 1.54) is 12.1 Å². The van der Waals surface area contributed by atoms with E-state index in [1.807, 2.05) is 25.4 Å². The van der Waals surface area contributed by atoms with Gasteiger partial charge in [0.2, 0.25) is 0 Å². The second-order valence-corrected chi connectivity index (χ2v) is 4.96. The van der Waals surface area contributed by atoms with Gasteiger partial charge in [0.25, 0.3) is 5.69 Å². The minimum Gasteiger partial charge on any atom is -0.303 e. The van der Waals surface area contributed by atoms with Crippen LogP contribution in [0.1, 0.15) is 18.3 Å². The first-order valence-electron chi connectivity index (χ1n) is 6.82. The summed E-state index contributed by atoms with van der Waals surface area (Å²) in [6.07, 6.45) is 4.74. The highest BCUT2D eigenvalue weighted by Crippen LogP contribution is 2.30. The molecule has 5 heteroatoms. The molecule has 0 fully saturated rings. The summed E-state index contributed by atoms with van der Waals surface area (Å²) >= 11 is 0. The number of hydrogen-bond donors (Lipinski definition) is 0. The molecule has 21 heavy (non-hydrogen) atoms. The first-order chi connectivity index (χ1) is 10.1. The summed E-state index contributed by atoms with van der Waals surface area (Å²) in [5.41, 5.74) is 4.29. The highest BCUT2D eigenvalue weighted by Gasteiger charge is 2.12. The third kappa shape index (κ3) is 2.16. The fraction of sp³-hybridized carbons (Fsp3) is 0.188. The summed E-state index contributed by atoms with van der Waals surface area (Å²) in [4.78, 5) is 14.8. The van der Waals surface area contributed by atoms with Crippen LogP contribution in [0, 0.1) is 17.0 Å². The van der Waals surface area contributed by atoms with Gasteiger partial charge in [-0.05, 0) is 36.2 Å². The van der Waals surface area contributed by atoms with Crippen molar-refractivity contribution >= 4 is 11.2 Å². The Balaban J connectivity index is 2.21. The summed E-state index contributed by atoms with van der Waals surface area (Å²) in [7, 11) is 0. The number of benzene rings is 1. The van der Waals surface area contributed by atoms with E-state index in [4.69, 9.17) is 0 Å². The lowest BCUT2D eigenvalue weighted by Gasteiger charge is -2.09. The van der Waals surface area contributed by atoms with Gasteiger partial charge in [-0.25, -0.2) is 4.98 Å². The minimum absolute atomic E-state index is 0.103. The van der Waals surface area contributed by atoms with Crippen LogP contribution in [0.3, 0.4) is 0 Å². The molecule has 0 saturated heterocycles. The van der Waals surface area contributed by atoms with Crippen molar-refractivity contribution in [1.29, 1.82) is 0 Å². The van der Waals surface area contributed by atoms with Gasteiger partial charge in [0.15, 0.2) is 0 Å². The van der Waals surface area contributed by atoms with Gasteiger partial charge in [-0.1, -0.05) is 6.92 Å². The maximum atomic E-state index is 10.8. The van der Waals surface area contributed by atoms with E-state index in [9.17, 15) is 10.1 Å². The van der Waals surface area contributed by atoms with E-state index in [1.54, 1.807) is 12.1 Å². The summed E-state index contributed by atoms with van der Waals surface area (Å²) in [5.74, 6) is 1.01. The molecule has 2 heterocycles. The van der Waals surface area contributed by atoms with Crippen LogP contribution in [0.15, 0.2) is 42.7 Å². The number of nitro benzene ring substituents is 1. The molecule has 0 aliphatic carbocycles. The lowest BCUT2D eigenvalue weighted by Crippen LogP contribution is -1.95. The average molecular weight is 281 g/mol. The van der Waals surface area contributed by atoms with Crippen molar-refractivity contribution in [2.24, 2.45) is 0 Å². The molecule has 0 spiro atoms. The van der Waals surface area contributed by atoms with Gasteiger partial charge in [-0.15, -0.1) is 0 Å². The molecule has 106 valence electrons. The lowest BCUT2D eigenvalue weighted by molar-refractivity contribution is -0.384. The Bertz CT molecular complexity index is 819. The van der Waals surface area contributed by atoms with Gasteiger partial charge < -0.3 is 4.40 Å². The topological polar surface area (TPSA) is 60.4 Å². The quantitative estimate of drug-likeness (QED) is 0.542. The molecule has 0 amide bonds. The first-order valence-corrected chi connectivity index (χ1v) is 6.82. The summed E-state index contributed by atoms with van der Waals surface area (Å²) in [6, 6.07) is 8.70. The number of non-ortho nitro benzene ring substituents is 1. The van der Waals surface area contributed by atoms with E-state index in [2.05, 4.69) is 16.3 Å². The van der Waals surface area contributed by atoms with Gasteiger partial charge in [-0.3, -0.25) is 10.1 Å². The van der Waals surface area contributed by atoms with Crippen LogP contribution in [0.25, 0.3) is 16.6 Å². The Morgan fingerprint density at radius 2 is 1.95 bits per heavy atom. The van der Waals surface area contributed by atoms with Crippen LogP contribution >= 0.6 is 0 Å². The molecule has 0 bridgehead atoms. The monoisotopic (exact) mass is 281 g/mol.